The number of rotatable bonds is 11. The molecule has 0 heterocycles. The predicted molar refractivity (Wildman–Crippen MR) is 86.7 cm³/mol. The van der Waals surface area contributed by atoms with Crippen molar-refractivity contribution in [1.29, 1.82) is 0 Å². The first-order valence-corrected chi connectivity index (χ1v) is 7.30. The molecule has 0 aromatic heterocycles. The van der Waals surface area contributed by atoms with Gasteiger partial charge < -0.3 is 5.11 Å². The summed E-state index contributed by atoms with van der Waals surface area (Å²) in [5.74, 6) is -0.700. The average Bonchev–Trinajstić information content (AvgIpc) is 2.43. The fourth-order valence-corrected chi connectivity index (χ4v) is 1.49. The molecule has 0 atom stereocenters. The molecule has 2 heteroatoms. The third kappa shape index (κ3) is 16.2. The molecule has 1 N–H and O–H groups in total. The van der Waals surface area contributed by atoms with Gasteiger partial charge in [-0.3, -0.25) is 4.79 Å². The van der Waals surface area contributed by atoms with Crippen molar-refractivity contribution in [2.75, 3.05) is 0 Å². The zero-order valence-corrected chi connectivity index (χ0v) is 12.4. The van der Waals surface area contributed by atoms with Crippen molar-refractivity contribution in [1.82, 2.24) is 0 Å². The molecule has 0 bridgehead atoms. The van der Waals surface area contributed by atoms with Crippen LogP contribution in [0.4, 0.5) is 0 Å². The molecule has 2 nitrogen and oxygen atoms in total. The van der Waals surface area contributed by atoms with Gasteiger partial charge in [-0.1, -0.05) is 74.1 Å². The van der Waals surface area contributed by atoms with Crippen molar-refractivity contribution in [3.05, 3.63) is 60.8 Å². The summed E-state index contributed by atoms with van der Waals surface area (Å²) in [6.07, 6.45) is 25.5. The highest BCUT2D eigenvalue weighted by Crippen LogP contribution is 2.03. The van der Waals surface area contributed by atoms with Crippen molar-refractivity contribution < 1.29 is 9.90 Å². The number of carboxylic acids is 1. The molecule has 0 fully saturated rings. The molecule has 0 aliphatic carbocycles. The molecule has 0 aliphatic heterocycles. The highest BCUT2D eigenvalue weighted by molar-refractivity contribution is 5.66. The SMILES string of the molecule is CC/C=C/C=C/C=C/C=C/C=C/CCCCCC(=O)O. The summed E-state index contributed by atoms with van der Waals surface area (Å²) < 4.78 is 0. The molecule has 20 heavy (non-hydrogen) atoms. The Bertz CT molecular complexity index is 371. The lowest BCUT2D eigenvalue weighted by molar-refractivity contribution is -0.137. The summed E-state index contributed by atoms with van der Waals surface area (Å²) in [6.45, 7) is 2.11. The third-order valence-corrected chi connectivity index (χ3v) is 2.55. The van der Waals surface area contributed by atoms with Gasteiger partial charge in [0.2, 0.25) is 0 Å². The second-order valence-electron chi connectivity index (χ2n) is 4.41. The van der Waals surface area contributed by atoms with E-state index in [4.69, 9.17) is 5.11 Å². The quantitative estimate of drug-likeness (QED) is 0.414. The molecule has 0 aliphatic rings. The fraction of sp³-hybridized carbons (Fsp3) is 0.389. The van der Waals surface area contributed by atoms with E-state index >= 15 is 0 Å². The van der Waals surface area contributed by atoms with Gasteiger partial charge in [-0.2, -0.15) is 0 Å². The summed E-state index contributed by atoms with van der Waals surface area (Å²) in [7, 11) is 0. The zero-order chi connectivity index (χ0) is 14.9. The average molecular weight is 274 g/mol. The molecule has 0 saturated carbocycles. The van der Waals surface area contributed by atoms with Crippen LogP contribution in [0.5, 0.6) is 0 Å². The Morgan fingerprint density at radius 2 is 1.35 bits per heavy atom. The Kier molecular flexibility index (Phi) is 13.8. The third-order valence-electron chi connectivity index (χ3n) is 2.55. The zero-order valence-electron chi connectivity index (χ0n) is 12.4. The second-order valence-corrected chi connectivity index (χ2v) is 4.41. The number of aliphatic carboxylic acids is 1. The largest absolute Gasteiger partial charge is 0.481 e. The van der Waals surface area contributed by atoms with Gasteiger partial charge in [-0.05, 0) is 25.7 Å². The Labute approximate surface area is 122 Å². The van der Waals surface area contributed by atoms with Crippen LogP contribution in [0.3, 0.4) is 0 Å². The molecule has 0 unspecified atom stereocenters. The van der Waals surface area contributed by atoms with E-state index in [1.54, 1.807) is 0 Å². The fourth-order valence-electron chi connectivity index (χ4n) is 1.49. The topological polar surface area (TPSA) is 37.3 Å². The van der Waals surface area contributed by atoms with Crippen molar-refractivity contribution in [2.24, 2.45) is 0 Å². The predicted octanol–water partition coefficient (Wildman–Crippen LogP) is 5.21. The highest BCUT2D eigenvalue weighted by Gasteiger charge is 1.94. The van der Waals surface area contributed by atoms with Crippen LogP contribution in [-0.4, -0.2) is 11.1 Å². The minimum absolute atomic E-state index is 0.287. The first kappa shape index (κ1) is 18.2. The smallest absolute Gasteiger partial charge is 0.303 e. The first-order valence-electron chi connectivity index (χ1n) is 7.30. The summed E-state index contributed by atoms with van der Waals surface area (Å²) in [5, 5.41) is 8.48. The molecular formula is C18H26O2. The van der Waals surface area contributed by atoms with Gasteiger partial charge in [0.1, 0.15) is 0 Å². The number of carboxylic acid groups (broad SMARTS) is 1. The number of unbranched alkanes of at least 4 members (excludes halogenated alkanes) is 3. The normalized spacial score (nSPS) is 12.8. The number of carbonyl (C=O) groups is 1. The van der Waals surface area contributed by atoms with Gasteiger partial charge in [0.05, 0.1) is 0 Å². The van der Waals surface area contributed by atoms with Gasteiger partial charge >= 0.3 is 5.97 Å². The van der Waals surface area contributed by atoms with Crippen LogP contribution in [0.2, 0.25) is 0 Å². The van der Waals surface area contributed by atoms with Crippen molar-refractivity contribution in [2.45, 2.75) is 45.4 Å². The van der Waals surface area contributed by atoms with Crippen LogP contribution in [0.15, 0.2) is 60.8 Å². The minimum Gasteiger partial charge on any atom is -0.481 e. The molecule has 0 aromatic carbocycles. The number of hydrogen-bond donors (Lipinski definition) is 1. The van der Waals surface area contributed by atoms with Crippen LogP contribution >= 0.6 is 0 Å². The molecule has 0 radical (unpaired) electrons. The standard InChI is InChI=1S/C18H26O2/c1-2-3-4-5-6-7-8-9-10-11-12-13-14-15-16-17-18(19)20/h3-12H,2,13-17H2,1H3,(H,19,20)/b4-3+,6-5+,8-7+,10-9+,12-11+. The highest BCUT2D eigenvalue weighted by atomic mass is 16.4. The van der Waals surface area contributed by atoms with E-state index in [0.717, 1.165) is 32.1 Å². The van der Waals surface area contributed by atoms with Crippen LogP contribution in [-0.2, 0) is 4.79 Å². The Hall–Kier alpha value is -1.83. The van der Waals surface area contributed by atoms with Crippen LogP contribution in [0, 0.1) is 0 Å². The van der Waals surface area contributed by atoms with Crippen molar-refractivity contribution >= 4 is 5.97 Å². The van der Waals surface area contributed by atoms with E-state index in [0.29, 0.717) is 0 Å². The molecular weight excluding hydrogens is 248 g/mol. The number of allylic oxidation sites excluding steroid dienone is 10. The second kappa shape index (κ2) is 15.2. The summed E-state index contributed by atoms with van der Waals surface area (Å²) in [6, 6.07) is 0. The van der Waals surface area contributed by atoms with Gasteiger partial charge in [-0.25, -0.2) is 0 Å². The lowest BCUT2D eigenvalue weighted by atomic mass is 10.1. The maximum Gasteiger partial charge on any atom is 0.303 e. The Morgan fingerprint density at radius 1 is 0.800 bits per heavy atom. The molecule has 0 amide bonds. The summed E-state index contributed by atoms with van der Waals surface area (Å²) in [5.41, 5.74) is 0. The van der Waals surface area contributed by atoms with Gasteiger partial charge in [0.25, 0.3) is 0 Å². The lowest BCUT2D eigenvalue weighted by Gasteiger charge is -1.94. The maximum absolute atomic E-state index is 10.3. The van der Waals surface area contributed by atoms with Gasteiger partial charge in [0, 0.05) is 6.42 Å². The van der Waals surface area contributed by atoms with E-state index < -0.39 is 5.97 Å². The van der Waals surface area contributed by atoms with E-state index in [2.05, 4.69) is 19.1 Å². The lowest BCUT2D eigenvalue weighted by Crippen LogP contribution is -1.93. The van der Waals surface area contributed by atoms with Crippen LogP contribution in [0.1, 0.15) is 45.4 Å². The van der Waals surface area contributed by atoms with Crippen LogP contribution in [0.25, 0.3) is 0 Å². The van der Waals surface area contributed by atoms with E-state index in [1.807, 2.05) is 48.6 Å². The van der Waals surface area contributed by atoms with Crippen molar-refractivity contribution in [3.8, 4) is 0 Å². The van der Waals surface area contributed by atoms with E-state index in [1.165, 1.54) is 0 Å². The molecule has 0 aromatic rings. The Balaban J connectivity index is 3.52. The van der Waals surface area contributed by atoms with E-state index in [-0.39, 0.29) is 6.42 Å². The van der Waals surface area contributed by atoms with E-state index in [9.17, 15) is 4.79 Å². The minimum atomic E-state index is -0.700. The van der Waals surface area contributed by atoms with Crippen LogP contribution < -0.4 is 0 Å². The Morgan fingerprint density at radius 3 is 1.90 bits per heavy atom. The molecule has 0 saturated heterocycles. The molecule has 0 spiro atoms. The summed E-state index contributed by atoms with van der Waals surface area (Å²) >= 11 is 0. The first-order chi connectivity index (χ1) is 9.77. The van der Waals surface area contributed by atoms with Gasteiger partial charge in [0.15, 0.2) is 0 Å². The van der Waals surface area contributed by atoms with Crippen molar-refractivity contribution in [3.63, 3.8) is 0 Å². The summed E-state index contributed by atoms with van der Waals surface area (Å²) in [4.78, 5) is 10.3. The maximum atomic E-state index is 10.3. The molecule has 0 rings (SSSR count). The number of hydrogen-bond acceptors (Lipinski definition) is 1. The monoisotopic (exact) mass is 274 g/mol. The molecule has 110 valence electrons. The van der Waals surface area contributed by atoms with Gasteiger partial charge in [-0.15, -0.1) is 0 Å².